The van der Waals surface area contributed by atoms with Crippen molar-refractivity contribution in [1.82, 2.24) is 0 Å². The highest BCUT2D eigenvalue weighted by molar-refractivity contribution is 5.37. The average molecular weight is 191 g/mol. The minimum atomic E-state index is 0.662. The minimum absolute atomic E-state index is 0.662. The molecule has 2 rings (SSSR count). The van der Waals surface area contributed by atoms with Gasteiger partial charge < -0.3 is 10.5 Å². The van der Waals surface area contributed by atoms with Gasteiger partial charge in [-0.25, -0.2) is 0 Å². The van der Waals surface area contributed by atoms with Gasteiger partial charge in [-0.1, -0.05) is 6.07 Å². The molecule has 1 atom stereocenters. The van der Waals surface area contributed by atoms with E-state index in [0.717, 1.165) is 18.7 Å². The first kappa shape index (κ1) is 9.53. The van der Waals surface area contributed by atoms with Crippen LogP contribution in [0.15, 0.2) is 18.2 Å². The molecule has 2 N–H and O–H groups in total. The molecule has 0 saturated carbocycles. The summed E-state index contributed by atoms with van der Waals surface area (Å²) in [4.78, 5) is 0. The van der Waals surface area contributed by atoms with Gasteiger partial charge in [0.2, 0.25) is 0 Å². The number of ether oxygens (including phenoxy) is 1. The summed E-state index contributed by atoms with van der Waals surface area (Å²) >= 11 is 0. The van der Waals surface area contributed by atoms with E-state index in [1.54, 1.807) is 7.11 Å². The van der Waals surface area contributed by atoms with Crippen LogP contribution < -0.4 is 10.5 Å². The van der Waals surface area contributed by atoms with Crippen LogP contribution in [0.2, 0.25) is 0 Å². The largest absolute Gasteiger partial charge is 0.497 e. The molecular formula is C12H17NO. The summed E-state index contributed by atoms with van der Waals surface area (Å²) in [7, 11) is 1.71. The average Bonchev–Trinajstić information content (AvgIpc) is 2.27. The molecule has 1 aliphatic rings. The number of benzene rings is 1. The molecule has 0 heterocycles. The van der Waals surface area contributed by atoms with Crippen LogP contribution >= 0.6 is 0 Å². The molecule has 0 aliphatic heterocycles. The van der Waals surface area contributed by atoms with Crippen LogP contribution in [0.3, 0.4) is 0 Å². The fraction of sp³-hybridized carbons (Fsp3) is 0.500. The molecule has 0 amide bonds. The molecule has 0 saturated heterocycles. The maximum absolute atomic E-state index is 5.70. The third-order valence-corrected chi connectivity index (χ3v) is 3.08. The topological polar surface area (TPSA) is 35.2 Å². The van der Waals surface area contributed by atoms with Crippen LogP contribution in [0.1, 0.15) is 17.5 Å². The second-order valence-electron chi connectivity index (χ2n) is 3.98. The molecule has 76 valence electrons. The maximum Gasteiger partial charge on any atom is 0.119 e. The first-order valence-corrected chi connectivity index (χ1v) is 5.19. The van der Waals surface area contributed by atoms with E-state index in [0.29, 0.717) is 5.92 Å². The monoisotopic (exact) mass is 191 g/mol. The van der Waals surface area contributed by atoms with E-state index < -0.39 is 0 Å². The van der Waals surface area contributed by atoms with Crippen LogP contribution in [0.4, 0.5) is 0 Å². The lowest BCUT2D eigenvalue weighted by Crippen LogP contribution is -2.22. The number of hydrogen-bond donors (Lipinski definition) is 1. The van der Waals surface area contributed by atoms with E-state index in [-0.39, 0.29) is 0 Å². The van der Waals surface area contributed by atoms with Gasteiger partial charge in [-0.05, 0) is 55.0 Å². The zero-order valence-electron chi connectivity index (χ0n) is 8.62. The predicted octanol–water partition coefficient (Wildman–Crippen LogP) is 1.76. The summed E-state index contributed by atoms with van der Waals surface area (Å²) in [6.45, 7) is 0.802. The van der Waals surface area contributed by atoms with Gasteiger partial charge in [0.25, 0.3) is 0 Å². The highest BCUT2D eigenvalue weighted by Gasteiger charge is 2.17. The Kier molecular flexibility index (Phi) is 2.73. The first-order chi connectivity index (χ1) is 6.83. The number of rotatable bonds is 2. The summed E-state index contributed by atoms with van der Waals surface area (Å²) in [6.07, 6.45) is 3.51. The number of fused-ring (bicyclic) bond motifs is 1. The summed E-state index contributed by atoms with van der Waals surface area (Å²) < 4.78 is 5.22. The molecule has 0 spiro atoms. The van der Waals surface area contributed by atoms with Crippen molar-refractivity contribution in [3.63, 3.8) is 0 Å². The van der Waals surface area contributed by atoms with Crippen molar-refractivity contribution in [3.8, 4) is 5.75 Å². The molecule has 0 bridgehead atoms. The minimum Gasteiger partial charge on any atom is -0.497 e. The van der Waals surface area contributed by atoms with E-state index >= 15 is 0 Å². The molecule has 0 fully saturated rings. The Hall–Kier alpha value is -1.02. The van der Waals surface area contributed by atoms with Crippen LogP contribution in [0, 0.1) is 5.92 Å². The van der Waals surface area contributed by atoms with E-state index in [9.17, 15) is 0 Å². The fourth-order valence-corrected chi connectivity index (χ4v) is 2.14. The molecule has 0 radical (unpaired) electrons. The van der Waals surface area contributed by atoms with Crippen molar-refractivity contribution in [2.24, 2.45) is 11.7 Å². The maximum atomic E-state index is 5.70. The molecule has 2 heteroatoms. The molecule has 1 aromatic rings. The lowest BCUT2D eigenvalue weighted by molar-refractivity contribution is 0.411. The predicted molar refractivity (Wildman–Crippen MR) is 57.6 cm³/mol. The Bertz CT molecular complexity index is 322. The highest BCUT2D eigenvalue weighted by Crippen LogP contribution is 2.27. The molecule has 2 nitrogen and oxygen atoms in total. The Morgan fingerprint density at radius 1 is 1.43 bits per heavy atom. The van der Waals surface area contributed by atoms with Gasteiger partial charge in [0, 0.05) is 0 Å². The summed E-state index contributed by atoms with van der Waals surface area (Å²) in [5, 5.41) is 0. The molecule has 0 aromatic heterocycles. The van der Waals surface area contributed by atoms with Crippen LogP contribution in [0.5, 0.6) is 5.75 Å². The normalized spacial score (nSPS) is 20.3. The Morgan fingerprint density at radius 2 is 2.29 bits per heavy atom. The SMILES string of the molecule is COc1ccc2c(c1)C[C@@H](CN)CC2. The van der Waals surface area contributed by atoms with Crippen LogP contribution in [-0.2, 0) is 12.8 Å². The van der Waals surface area contributed by atoms with Gasteiger partial charge in [0.15, 0.2) is 0 Å². The van der Waals surface area contributed by atoms with E-state index in [1.165, 1.54) is 24.0 Å². The lowest BCUT2D eigenvalue weighted by Gasteiger charge is -2.23. The van der Waals surface area contributed by atoms with Gasteiger partial charge in [0.1, 0.15) is 5.75 Å². The lowest BCUT2D eigenvalue weighted by atomic mass is 9.84. The van der Waals surface area contributed by atoms with Crippen LogP contribution in [0.25, 0.3) is 0 Å². The van der Waals surface area contributed by atoms with Crippen molar-refractivity contribution >= 4 is 0 Å². The highest BCUT2D eigenvalue weighted by atomic mass is 16.5. The number of methoxy groups -OCH3 is 1. The van der Waals surface area contributed by atoms with Gasteiger partial charge in [-0.2, -0.15) is 0 Å². The van der Waals surface area contributed by atoms with E-state index in [1.807, 2.05) is 6.07 Å². The Labute approximate surface area is 85.1 Å². The number of nitrogens with two attached hydrogens (primary N) is 1. The van der Waals surface area contributed by atoms with Crippen molar-refractivity contribution in [2.45, 2.75) is 19.3 Å². The second-order valence-corrected chi connectivity index (χ2v) is 3.98. The number of hydrogen-bond acceptors (Lipinski definition) is 2. The zero-order valence-corrected chi connectivity index (χ0v) is 8.62. The van der Waals surface area contributed by atoms with Crippen molar-refractivity contribution in [3.05, 3.63) is 29.3 Å². The molecule has 0 unspecified atom stereocenters. The van der Waals surface area contributed by atoms with E-state index in [4.69, 9.17) is 10.5 Å². The second kappa shape index (κ2) is 4.01. The van der Waals surface area contributed by atoms with Crippen molar-refractivity contribution in [1.29, 1.82) is 0 Å². The van der Waals surface area contributed by atoms with Crippen molar-refractivity contribution < 1.29 is 4.74 Å². The molecular weight excluding hydrogens is 174 g/mol. The third kappa shape index (κ3) is 1.75. The summed E-state index contributed by atoms with van der Waals surface area (Å²) in [6, 6.07) is 6.37. The molecule has 1 aromatic carbocycles. The first-order valence-electron chi connectivity index (χ1n) is 5.19. The molecule has 1 aliphatic carbocycles. The summed E-state index contributed by atoms with van der Waals surface area (Å²) in [5.41, 5.74) is 8.59. The smallest absolute Gasteiger partial charge is 0.119 e. The Balaban J connectivity index is 2.25. The van der Waals surface area contributed by atoms with Crippen molar-refractivity contribution in [2.75, 3.05) is 13.7 Å². The van der Waals surface area contributed by atoms with Crippen LogP contribution in [-0.4, -0.2) is 13.7 Å². The third-order valence-electron chi connectivity index (χ3n) is 3.08. The Morgan fingerprint density at radius 3 is 3.00 bits per heavy atom. The zero-order chi connectivity index (χ0) is 9.97. The molecule has 14 heavy (non-hydrogen) atoms. The fourth-order valence-electron chi connectivity index (χ4n) is 2.14. The van der Waals surface area contributed by atoms with E-state index in [2.05, 4.69) is 12.1 Å². The van der Waals surface area contributed by atoms with Gasteiger partial charge >= 0.3 is 0 Å². The summed E-state index contributed by atoms with van der Waals surface area (Å²) in [5.74, 6) is 1.62. The quantitative estimate of drug-likeness (QED) is 0.773. The van der Waals surface area contributed by atoms with Gasteiger partial charge in [-0.15, -0.1) is 0 Å². The van der Waals surface area contributed by atoms with Gasteiger partial charge in [0.05, 0.1) is 7.11 Å². The standard InChI is InChI=1S/C12H17NO/c1-14-12-5-4-10-3-2-9(8-13)6-11(10)7-12/h4-5,7,9H,2-3,6,8,13H2,1H3/t9-/m0/s1. The van der Waals surface area contributed by atoms with Gasteiger partial charge in [-0.3, -0.25) is 0 Å². The number of aryl methyl sites for hydroxylation is 1.